The molecule has 9 rings (SSSR count). The second-order valence-corrected chi connectivity index (χ2v) is 11.8. The topological polar surface area (TPSA) is 25.2 Å². The zero-order chi connectivity index (χ0) is 30.5. The summed E-state index contributed by atoms with van der Waals surface area (Å²) in [6.07, 6.45) is 0. The van der Waals surface area contributed by atoms with Crippen LogP contribution < -0.4 is 5.32 Å². The normalized spacial score (nSPS) is 11.5. The molecule has 0 saturated carbocycles. The van der Waals surface area contributed by atoms with Crippen molar-refractivity contribution in [2.24, 2.45) is 0 Å². The van der Waals surface area contributed by atoms with Gasteiger partial charge in [-0.2, -0.15) is 0 Å². The second kappa shape index (κ2) is 10.8. The highest BCUT2D eigenvalue weighted by atomic mass is 16.3. The van der Waals surface area contributed by atoms with Crippen molar-refractivity contribution in [3.05, 3.63) is 170 Å². The van der Waals surface area contributed by atoms with Gasteiger partial charge in [0.05, 0.1) is 0 Å². The van der Waals surface area contributed by atoms with E-state index in [1.54, 1.807) is 0 Å². The summed E-state index contributed by atoms with van der Waals surface area (Å²) in [7, 11) is 0. The minimum atomic E-state index is 0.896. The average Bonchev–Trinajstić information content (AvgIpc) is 3.50. The Morgan fingerprint density at radius 3 is 1.54 bits per heavy atom. The molecule has 0 aliphatic rings. The first-order valence-corrected chi connectivity index (χ1v) is 15.7. The Morgan fingerprint density at radius 2 is 0.870 bits per heavy atom. The van der Waals surface area contributed by atoms with Crippen LogP contribution in [0.25, 0.3) is 76.9 Å². The van der Waals surface area contributed by atoms with E-state index in [1.165, 1.54) is 43.8 Å². The van der Waals surface area contributed by atoms with Gasteiger partial charge in [0, 0.05) is 27.7 Å². The highest BCUT2D eigenvalue weighted by molar-refractivity contribution is 6.21. The zero-order valence-electron chi connectivity index (χ0n) is 25.1. The van der Waals surface area contributed by atoms with Gasteiger partial charge in [0.15, 0.2) is 0 Å². The Labute approximate surface area is 267 Å². The summed E-state index contributed by atoms with van der Waals surface area (Å²) in [5, 5.41) is 10.9. The first-order valence-electron chi connectivity index (χ1n) is 15.7. The molecule has 0 atom stereocenters. The fourth-order valence-electron chi connectivity index (χ4n) is 6.97. The molecule has 0 radical (unpaired) electrons. The number of nitrogens with one attached hydrogen (secondary N) is 1. The molecule has 0 bridgehead atoms. The molecule has 1 aromatic heterocycles. The Kier molecular flexibility index (Phi) is 6.17. The van der Waals surface area contributed by atoms with Gasteiger partial charge in [0.2, 0.25) is 0 Å². The molecule has 216 valence electrons. The maximum absolute atomic E-state index is 6.19. The first kappa shape index (κ1) is 26.3. The van der Waals surface area contributed by atoms with Gasteiger partial charge in [-0.15, -0.1) is 0 Å². The van der Waals surface area contributed by atoms with E-state index in [-0.39, 0.29) is 0 Å². The first-order chi connectivity index (χ1) is 22.8. The van der Waals surface area contributed by atoms with Gasteiger partial charge < -0.3 is 9.73 Å². The number of fused-ring (bicyclic) bond motifs is 5. The number of hydrogen-bond donors (Lipinski definition) is 1. The molecule has 0 spiro atoms. The van der Waals surface area contributed by atoms with Crippen LogP contribution in [0.15, 0.2) is 174 Å². The quantitative estimate of drug-likeness (QED) is 0.203. The Morgan fingerprint density at radius 1 is 0.348 bits per heavy atom. The predicted octanol–water partition coefficient (Wildman–Crippen LogP) is 12.6. The van der Waals surface area contributed by atoms with Gasteiger partial charge in [0.25, 0.3) is 0 Å². The van der Waals surface area contributed by atoms with E-state index in [0.29, 0.717) is 0 Å². The summed E-state index contributed by atoms with van der Waals surface area (Å²) in [4.78, 5) is 0. The van der Waals surface area contributed by atoms with Gasteiger partial charge in [-0.1, -0.05) is 127 Å². The lowest BCUT2D eigenvalue weighted by molar-refractivity contribution is 0.669. The molecular formula is C44H29NO. The number of para-hydroxylation sites is 2. The van der Waals surface area contributed by atoms with Crippen LogP contribution in [0.3, 0.4) is 0 Å². The summed E-state index contributed by atoms with van der Waals surface area (Å²) < 4.78 is 6.19. The summed E-state index contributed by atoms with van der Waals surface area (Å²) >= 11 is 0. The molecule has 0 unspecified atom stereocenters. The minimum Gasteiger partial charge on any atom is -0.456 e. The van der Waals surface area contributed by atoms with Crippen LogP contribution in [-0.2, 0) is 0 Å². The van der Waals surface area contributed by atoms with Crippen molar-refractivity contribution >= 4 is 54.9 Å². The predicted molar refractivity (Wildman–Crippen MR) is 195 cm³/mol. The Balaban J connectivity index is 1.32. The van der Waals surface area contributed by atoms with Crippen LogP contribution >= 0.6 is 0 Å². The number of rotatable bonds is 5. The van der Waals surface area contributed by atoms with E-state index in [0.717, 1.165) is 44.4 Å². The third-order valence-electron chi connectivity index (χ3n) is 9.04. The van der Waals surface area contributed by atoms with Crippen molar-refractivity contribution in [3.8, 4) is 33.4 Å². The zero-order valence-corrected chi connectivity index (χ0v) is 25.1. The van der Waals surface area contributed by atoms with E-state index in [4.69, 9.17) is 4.42 Å². The maximum atomic E-state index is 6.19. The van der Waals surface area contributed by atoms with E-state index >= 15 is 0 Å². The number of hydrogen-bond acceptors (Lipinski definition) is 2. The number of benzene rings is 8. The van der Waals surface area contributed by atoms with Gasteiger partial charge in [-0.05, 0) is 91.8 Å². The standard InChI is InChI=1S/C44H29NO/c1-3-13-29(14-4-1)43-34-18-7-9-20-36(34)44(37-21-10-8-19-35(37)43)31-23-25-40(45-32-15-5-2-6-16-32)38(28-31)30-24-26-42-39(27-30)33-17-11-12-22-41(33)46-42/h1-28,45H. The molecule has 0 aliphatic heterocycles. The molecule has 1 N–H and O–H groups in total. The lowest BCUT2D eigenvalue weighted by Gasteiger charge is -2.19. The lowest BCUT2D eigenvalue weighted by atomic mass is 9.85. The van der Waals surface area contributed by atoms with Crippen molar-refractivity contribution < 1.29 is 4.42 Å². The van der Waals surface area contributed by atoms with Gasteiger partial charge >= 0.3 is 0 Å². The Hall–Kier alpha value is -6.12. The van der Waals surface area contributed by atoms with Crippen LogP contribution in [-0.4, -0.2) is 0 Å². The maximum Gasteiger partial charge on any atom is 0.135 e. The van der Waals surface area contributed by atoms with Crippen molar-refractivity contribution in [2.45, 2.75) is 0 Å². The van der Waals surface area contributed by atoms with E-state index < -0.39 is 0 Å². The van der Waals surface area contributed by atoms with Crippen molar-refractivity contribution in [2.75, 3.05) is 5.32 Å². The van der Waals surface area contributed by atoms with Gasteiger partial charge in [-0.3, -0.25) is 0 Å². The second-order valence-electron chi connectivity index (χ2n) is 11.8. The van der Waals surface area contributed by atoms with E-state index in [2.05, 4.69) is 157 Å². The smallest absolute Gasteiger partial charge is 0.135 e. The highest BCUT2D eigenvalue weighted by Gasteiger charge is 2.18. The summed E-state index contributed by atoms with van der Waals surface area (Å²) in [6.45, 7) is 0. The molecule has 8 aromatic carbocycles. The molecule has 46 heavy (non-hydrogen) atoms. The SMILES string of the molecule is c1ccc(Nc2ccc(-c3c4ccccc4c(-c4ccccc4)c4ccccc34)cc2-c2ccc3oc4ccccc4c3c2)cc1. The van der Waals surface area contributed by atoms with Crippen LogP contribution in [0, 0.1) is 0 Å². The minimum absolute atomic E-state index is 0.896. The molecule has 0 aliphatic carbocycles. The molecule has 9 aromatic rings. The average molecular weight is 588 g/mol. The van der Waals surface area contributed by atoms with Gasteiger partial charge in [0.1, 0.15) is 11.2 Å². The van der Waals surface area contributed by atoms with Crippen molar-refractivity contribution in [1.29, 1.82) is 0 Å². The van der Waals surface area contributed by atoms with Crippen molar-refractivity contribution in [3.63, 3.8) is 0 Å². The van der Waals surface area contributed by atoms with Crippen LogP contribution in [0.1, 0.15) is 0 Å². The summed E-state index contributed by atoms with van der Waals surface area (Å²) in [6, 6.07) is 60.4. The monoisotopic (exact) mass is 587 g/mol. The third-order valence-corrected chi connectivity index (χ3v) is 9.04. The third kappa shape index (κ3) is 4.35. The molecule has 0 saturated heterocycles. The molecule has 0 amide bonds. The molecule has 1 heterocycles. The van der Waals surface area contributed by atoms with E-state index in [9.17, 15) is 0 Å². The largest absolute Gasteiger partial charge is 0.456 e. The Bertz CT molecular complexity index is 2490. The lowest BCUT2D eigenvalue weighted by Crippen LogP contribution is -1.95. The van der Waals surface area contributed by atoms with Crippen molar-refractivity contribution in [1.82, 2.24) is 0 Å². The highest BCUT2D eigenvalue weighted by Crippen LogP contribution is 2.45. The summed E-state index contributed by atoms with van der Waals surface area (Å²) in [5.41, 5.74) is 11.1. The fraction of sp³-hybridized carbons (Fsp3) is 0. The molecule has 2 heteroatoms. The van der Waals surface area contributed by atoms with E-state index in [1.807, 2.05) is 18.2 Å². The van der Waals surface area contributed by atoms with Crippen LogP contribution in [0.4, 0.5) is 11.4 Å². The summed E-state index contributed by atoms with van der Waals surface area (Å²) in [5.74, 6) is 0. The molecule has 2 nitrogen and oxygen atoms in total. The number of furan rings is 1. The van der Waals surface area contributed by atoms with Crippen LogP contribution in [0.5, 0.6) is 0 Å². The molecular weight excluding hydrogens is 558 g/mol. The fourth-order valence-corrected chi connectivity index (χ4v) is 6.97. The molecule has 0 fully saturated rings. The number of anilines is 2. The van der Waals surface area contributed by atoms with Gasteiger partial charge in [-0.25, -0.2) is 0 Å². The van der Waals surface area contributed by atoms with Crippen LogP contribution in [0.2, 0.25) is 0 Å².